The largest absolute Gasteiger partial charge is 0.372 e. The highest BCUT2D eigenvalue weighted by Gasteiger charge is 2.10. The predicted molar refractivity (Wildman–Crippen MR) is 103 cm³/mol. The fourth-order valence-electron chi connectivity index (χ4n) is 2.41. The zero-order valence-electron chi connectivity index (χ0n) is 15.4. The van der Waals surface area contributed by atoms with Crippen LogP contribution in [0.3, 0.4) is 0 Å². The third-order valence-corrected chi connectivity index (χ3v) is 4.16. The van der Waals surface area contributed by atoms with E-state index in [-0.39, 0.29) is 11.9 Å². The second-order valence-electron chi connectivity index (χ2n) is 5.93. The van der Waals surface area contributed by atoms with Crippen molar-refractivity contribution in [2.45, 2.75) is 40.2 Å². The van der Waals surface area contributed by atoms with Crippen molar-refractivity contribution in [3.05, 3.63) is 42.1 Å². The molecule has 25 heavy (non-hydrogen) atoms. The minimum Gasteiger partial charge on any atom is -0.372 e. The number of amides is 1. The molecule has 1 unspecified atom stereocenters. The molecule has 0 bridgehead atoms. The summed E-state index contributed by atoms with van der Waals surface area (Å²) >= 11 is 0. The van der Waals surface area contributed by atoms with Crippen molar-refractivity contribution in [1.82, 2.24) is 15.5 Å². The smallest absolute Gasteiger partial charge is 0.272 e. The van der Waals surface area contributed by atoms with Gasteiger partial charge in [-0.1, -0.05) is 6.92 Å². The summed E-state index contributed by atoms with van der Waals surface area (Å²) in [5, 5.41) is 14.2. The number of carbonyl (C=O) groups is 1. The Hall–Kier alpha value is -2.63. The first-order valence-corrected chi connectivity index (χ1v) is 8.84. The van der Waals surface area contributed by atoms with E-state index in [4.69, 9.17) is 0 Å². The average molecular weight is 341 g/mol. The molecule has 0 saturated carbocycles. The molecular weight excluding hydrogens is 314 g/mol. The molecule has 2 N–H and O–H groups in total. The Kier molecular flexibility index (Phi) is 6.74. The fourth-order valence-corrected chi connectivity index (χ4v) is 2.41. The van der Waals surface area contributed by atoms with Gasteiger partial charge in [0.15, 0.2) is 11.5 Å². The van der Waals surface area contributed by atoms with Crippen LogP contribution in [0.1, 0.15) is 44.6 Å². The van der Waals surface area contributed by atoms with Crippen molar-refractivity contribution in [2.75, 3.05) is 23.3 Å². The SMILES string of the molecule is CCC(C)NC(=O)c1ccc(Nc2ccc(N(CC)CC)cc2)nn1. The Morgan fingerprint density at radius 1 is 1.04 bits per heavy atom. The number of nitrogens with zero attached hydrogens (tertiary/aromatic N) is 3. The number of carbonyl (C=O) groups excluding carboxylic acids is 1. The highest BCUT2D eigenvalue weighted by atomic mass is 16.2. The topological polar surface area (TPSA) is 70.2 Å². The van der Waals surface area contributed by atoms with Gasteiger partial charge in [0.2, 0.25) is 0 Å². The lowest BCUT2D eigenvalue weighted by Crippen LogP contribution is -2.32. The van der Waals surface area contributed by atoms with Gasteiger partial charge in [-0.2, -0.15) is 0 Å². The third-order valence-electron chi connectivity index (χ3n) is 4.16. The molecule has 0 saturated heterocycles. The van der Waals surface area contributed by atoms with Crippen LogP contribution in [0.2, 0.25) is 0 Å². The summed E-state index contributed by atoms with van der Waals surface area (Å²) < 4.78 is 0. The van der Waals surface area contributed by atoms with Gasteiger partial charge < -0.3 is 15.5 Å². The highest BCUT2D eigenvalue weighted by molar-refractivity contribution is 5.92. The van der Waals surface area contributed by atoms with Crippen LogP contribution >= 0.6 is 0 Å². The number of hydrogen-bond donors (Lipinski definition) is 2. The number of anilines is 3. The van der Waals surface area contributed by atoms with E-state index in [2.05, 4.69) is 51.7 Å². The first-order valence-electron chi connectivity index (χ1n) is 8.84. The first-order chi connectivity index (χ1) is 12.1. The van der Waals surface area contributed by atoms with Crippen molar-refractivity contribution >= 4 is 23.1 Å². The number of nitrogens with one attached hydrogen (secondary N) is 2. The van der Waals surface area contributed by atoms with Crippen LogP contribution in [0, 0.1) is 0 Å². The van der Waals surface area contributed by atoms with Crippen LogP contribution in [0.25, 0.3) is 0 Å². The molecule has 0 fully saturated rings. The molecule has 1 aromatic carbocycles. The number of benzene rings is 1. The summed E-state index contributed by atoms with van der Waals surface area (Å²) in [6, 6.07) is 11.7. The molecule has 1 aromatic heterocycles. The normalized spacial score (nSPS) is 11.7. The van der Waals surface area contributed by atoms with E-state index in [0.29, 0.717) is 11.5 Å². The molecule has 134 valence electrons. The Labute approximate surface area is 149 Å². The molecule has 2 rings (SSSR count). The number of hydrogen-bond acceptors (Lipinski definition) is 5. The minimum atomic E-state index is -0.197. The van der Waals surface area contributed by atoms with Crippen molar-refractivity contribution in [3.8, 4) is 0 Å². The highest BCUT2D eigenvalue weighted by Crippen LogP contribution is 2.20. The Morgan fingerprint density at radius 3 is 2.24 bits per heavy atom. The van der Waals surface area contributed by atoms with Crippen molar-refractivity contribution in [3.63, 3.8) is 0 Å². The maximum atomic E-state index is 12.0. The molecule has 6 heteroatoms. The van der Waals surface area contributed by atoms with Gasteiger partial charge >= 0.3 is 0 Å². The third kappa shape index (κ3) is 5.17. The molecule has 0 spiro atoms. The van der Waals surface area contributed by atoms with Gasteiger partial charge in [0.1, 0.15) is 0 Å². The van der Waals surface area contributed by atoms with Gasteiger partial charge in [-0.15, -0.1) is 10.2 Å². The summed E-state index contributed by atoms with van der Waals surface area (Å²) in [6.07, 6.45) is 0.877. The van der Waals surface area contributed by atoms with Crippen LogP contribution in [-0.2, 0) is 0 Å². The Morgan fingerprint density at radius 2 is 1.72 bits per heavy atom. The van der Waals surface area contributed by atoms with Gasteiger partial charge in [-0.25, -0.2) is 0 Å². The molecule has 1 amide bonds. The van der Waals surface area contributed by atoms with E-state index in [9.17, 15) is 4.79 Å². The zero-order chi connectivity index (χ0) is 18.2. The molecule has 1 heterocycles. The monoisotopic (exact) mass is 341 g/mol. The van der Waals surface area contributed by atoms with Gasteiger partial charge in [-0.3, -0.25) is 4.79 Å². The lowest BCUT2D eigenvalue weighted by molar-refractivity contribution is 0.0933. The first kappa shape index (κ1) is 18.7. The van der Waals surface area contributed by atoms with E-state index in [1.54, 1.807) is 12.1 Å². The lowest BCUT2D eigenvalue weighted by atomic mass is 10.2. The standard InChI is InChI=1S/C19H27N5O/c1-5-14(4)20-19(25)17-12-13-18(23-22-17)21-15-8-10-16(11-9-15)24(6-2)7-3/h8-14H,5-7H2,1-4H3,(H,20,25)(H,21,23). The molecular formula is C19H27N5O. The van der Waals surface area contributed by atoms with E-state index < -0.39 is 0 Å². The lowest BCUT2D eigenvalue weighted by Gasteiger charge is -2.21. The summed E-state index contributed by atoms with van der Waals surface area (Å²) in [6.45, 7) is 10.2. The molecule has 0 aliphatic rings. The Bertz CT molecular complexity index is 665. The Balaban J connectivity index is 2.00. The maximum Gasteiger partial charge on any atom is 0.272 e. The van der Waals surface area contributed by atoms with Crippen LogP contribution in [0.15, 0.2) is 36.4 Å². The summed E-state index contributed by atoms with van der Waals surface area (Å²) in [5.41, 5.74) is 2.45. The second-order valence-corrected chi connectivity index (χ2v) is 5.93. The van der Waals surface area contributed by atoms with E-state index in [0.717, 1.165) is 25.2 Å². The van der Waals surface area contributed by atoms with Crippen molar-refractivity contribution in [2.24, 2.45) is 0 Å². The summed E-state index contributed by atoms with van der Waals surface area (Å²) in [5.74, 6) is 0.410. The van der Waals surface area contributed by atoms with Crippen LogP contribution in [0.5, 0.6) is 0 Å². The summed E-state index contributed by atoms with van der Waals surface area (Å²) in [4.78, 5) is 14.3. The fraction of sp³-hybridized carbons (Fsp3) is 0.421. The van der Waals surface area contributed by atoms with Crippen LogP contribution in [-0.4, -0.2) is 35.2 Å². The summed E-state index contributed by atoms with van der Waals surface area (Å²) in [7, 11) is 0. The molecule has 2 aromatic rings. The molecule has 6 nitrogen and oxygen atoms in total. The van der Waals surface area contributed by atoms with Gasteiger partial charge in [0.05, 0.1) is 0 Å². The second kappa shape index (κ2) is 9.01. The minimum absolute atomic E-state index is 0.122. The van der Waals surface area contributed by atoms with Crippen LogP contribution in [0.4, 0.5) is 17.2 Å². The van der Waals surface area contributed by atoms with E-state index in [1.807, 2.05) is 26.0 Å². The molecule has 0 aliphatic carbocycles. The van der Waals surface area contributed by atoms with Gasteiger partial charge in [-0.05, 0) is 63.6 Å². The van der Waals surface area contributed by atoms with Crippen molar-refractivity contribution in [1.29, 1.82) is 0 Å². The van der Waals surface area contributed by atoms with Crippen molar-refractivity contribution < 1.29 is 4.79 Å². The molecule has 1 atom stereocenters. The number of rotatable bonds is 8. The quantitative estimate of drug-likeness (QED) is 0.768. The molecule has 0 aliphatic heterocycles. The van der Waals surface area contributed by atoms with Crippen LogP contribution < -0.4 is 15.5 Å². The maximum absolute atomic E-state index is 12.0. The van der Waals surface area contributed by atoms with Gasteiger partial charge in [0.25, 0.3) is 5.91 Å². The predicted octanol–water partition coefficient (Wildman–Crippen LogP) is 3.59. The van der Waals surface area contributed by atoms with E-state index >= 15 is 0 Å². The average Bonchev–Trinajstić information content (AvgIpc) is 2.64. The zero-order valence-corrected chi connectivity index (χ0v) is 15.4. The van der Waals surface area contributed by atoms with E-state index in [1.165, 1.54) is 5.69 Å². The van der Waals surface area contributed by atoms with Gasteiger partial charge in [0, 0.05) is 30.5 Å². The number of aromatic nitrogens is 2. The molecule has 0 radical (unpaired) electrons.